The van der Waals surface area contributed by atoms with Crippen molar-refractivity contribution in [1.29, 1.82) is 0 Å². The maximum atomic E-state index is 11.2. The number of ether oxygens (including phenoxy) is 1. The predicted molar refractivity (Wildman–Crippen MR) is 68.6 cm³/mol. The summed E-state index contributed by atoms with van der Waals surface area (Å²) in [4.78, 5) is 42.9. The Balaban J connectivity index is 3.02. The van der Waals surface area contributed by atoms with Crippen LogP contribution in [0.4, 0.5) is 0 Å². The highest BCUT2D eigenvalue weighted by molar-refractivity contribution is 7.43. The fraction of sp³-hybridized carbons (Fsp3) is 0.818. The smallest absolute Gasteiger partial charge is 0.217 e. The van der Waals surface area contributed by atoms with Gasteiger partial charge in [-0.05, 0) is 0 Å². The molecule has 5 N–H and O–H groups in total. The van der Waals surface area contributed by atoms with Gasteiger partial charge >= 0.3 is 0 Å². The van der Waals surface area contributed by atoms with Crippen molar-refractivity contribution < 1.29 is 58.7 Å². The molecule has 0 spiro atoms. The number of carboxylic acid groups (broad SMARTS) is 1. The van der Waals surface area contributed by atoms with E-state index >= 15 is 0 Å². The second-order valence-corrected chi connectivity index (χ2v) is 6.61. The average molecular weight is 386 g/mol. The van der Waals surface area contributed by atoms with E-state index in [9.17, 15) is 49.5 Å². The first-order chi connectivity index (χ1) is 11.3. The van der Waals surface area contributed by atoms with Gasteiger partial charge in [0.25, 0.3) is 0 Å². The Hall–Kier alpha value is -1.15. The minimum atomic E-state index is -5.48. The Morgan fingerprint density at radius 1 is 1.44 bits per heavy atom. The summed E-state index contributed by atoms with van der Waals surface area (Å²) >= 11 is 0. The van der Waals surface area contributed by atoms with Crippen molar-refractivity contribution in [1.82, 2.24) is 5.32 Å². The molecule has 1 amide bonds. The quantitative estimate of drug-likeness (QED) is 0.257. The Labute approximate surface area is 141 Å². The standard InChI is InChI=1S/C11H20NO12P/c1-4(13)12-7-5(14)2-11(19,10(17)18)24-9(7)8(16)6(15)3-23-25(20,21)22/h5-9,14-16,19H,2-3H2,1H3,(H,12,13)(H,17,18)(H2,20,21,22)/p-3/t5-,6+,7+,8+,9+,11?/m0/s1. The highest BCUT2D eigenvalue weighted by Crippen LogP contribution is 2.31. The fourth-order valence-corrected chi connectivity index (χ4v) is 2.62. The Morgan fingerprint density at radius 3 is 2.44 bits per heavy atom. The van der Waals surface area contributed by atoms with Crippen LogP contribution in [0.1, 0.15) is 13.3 Å². The van der Waals surface area contributed by atoms with Gasteiger partial charge in [-0.3, -0.25) is 4.79 Å². The summed E-state index contributed by atoms with van der Waals surface area (Å²) in [7, 11) is -5.48. The molecule has 0 radical (unpaired) electrons. The normalized spacial score (nSPS) is 32.7. The maximum absolute atomic E-state index is 11.2. The third-order valence-electron chi connectivity index (χ3n) is 3.41. The van der Waals surface area contributed by atoms with Crippen molar-refractivity contribution in [2.45, 2.75) is 49.6 Å². The number of nitrogens with one attached hydrogen (secondary N) is 1. The monoisotopic (exact) mass is 386 g/mol. The van der Waals surface area contributed by atoms with E-state index in [0.29, 0.717) is 0 Å². The molecule has 1 rings (SSSR count). The zero-order valence-corrected chi connectivity index (χ0v) is 13.7. The van der Waals surface area contributed by atoms with Gasteiger partial charge < -0.3 is 59.3 Å². The Morgan fingerprint density at radius 2 is 2.00 bits per heavy atom. The summed E-state index contributed by atoms with van der Waals surface area (Å²) in [6, 6.07) is -1.48. The molecule has 1 fully saturated rings. The lowest BCUT2D eigenvalue weighted by atomic mass is 9.88. The van der Waals surface area contributed by atoms with E-state index in [0.717, 1.165) is 6.92 Å². The van der Waals surface area contributed by atoms with Crippen LogP contribution in [0.3, 0.4) is 0 Å². The van der Waals surface area contributed by atoms with Gasteiger partial charge in [-0.1, -0.05) is 0 Å². The first-order valence-corrected chi connectivity index (χ1v) is 8.32. The van der Waals surface area contributed by atoms with Gasteiger partial charge in [-0.2, -0.15) is 0 Å². The van der Waals surface area contributed by atoms with Gasteiger partial charge in [0, 0.05) is 13.3 Å². The molecule has 0 aromatic heterocycles. The Bertz CT molecular complexity index is 551. The number of phosphoric acid groups is 1. The number of carbonyl (C=O) groups excluding carboxylic acids is 2. The van der Waals surface area contributed by atoms with Gasteiger partial charge in [-0.25, -0.2) is 0 Å². The summed E-state index contributed by atoms with van der Waals surface area (Å²) in [6.07, 6.45) is -8.84. The molecule has 1 heterocycles. The summed E-state index contributed by atoms with van der Waals surface area (Å²) in [5.41, 5.74) is 0. The van der Waals surface area contributed by atoms with E-state index in [-0.39, 0.29) is 0 Å². The predicted octanol–water partition coefficient (Wildman–Crippen LogP) is -6.35. The van der Waals surface area contributed by atoms with Crippen LogP contribution in [-0.4, -0.2) is 75.2 Å². The summed E-state index contributed by atoms with van der Waals surface area (Å²) in [5.74, 6) is -5.93. The molecule has 6 atom stereocenters. The van der Waals surface area contributed by atoms with Gasteiger partial charge in [0.15, 0.2) is 0 Å². The fourth-order valence-electron chi connectivity index (χ4n) is 2.29. The second-order valence-electron chi connectivity index (χ2n) is 5.45. The minimum absolute atomic E-state index is 0.724. The number of carbonyl (C=O) groups is 2. The third kappa shape index (κ3) is 5.95. The lowest BCUT2D eigenvalue weighted by Gasteiger charge is -2.47. The number of rotatable bonds is 7. The zero-order valence-electron chi connectivity index (χ0n) is 12.8. The first-order valence-electron chi connectivity index (χ1n) is 6.86. The highest BCUT2D eigenvalue weighted by Gasteiger charge is 2.50. The summed E-state index contributed by atoms with van der Waals surface area (Å²) in [6.45, 7) is -0.182. The molecule has 1 unspecified atom stereocenters. The van der Waals surface area contributed by atoms with Gasteiger partial charge in [0.05, 0.1) is 26.6 Å². The summed E-state index contributed by atoms with van der Waals surface area (Å²) < 4.78 is 18.9. The average Bonchev–Trinajstić information content (AvgIpc) is 2.45. The highest BCUT2D eigenvalue weighted by atomic mass is 31.2. The molecule has 0 aromatic rings. The Kier molecular flexibility index (Phi) is 7.03. The minimum Gasteiger partial charge on any atom is -0.790 e. The number of aliphatic hydroxyl groups is 4. The number of amides is 1. The van der Waals surface area contributed by atoms with Crippen molar-refractivity contribution >= 4 is 19.7 Å². The van der Waals surface area contributed by atoms with Crippen molar-refractivity contribution in [2.75, 3.05) is 6.61 Å². The van der Waals surface area contributed by atoms with Crippen LogP contribution in [0.25, 0.3) is 0 Å². The summed E-state index contributed by atoms with van der Waals surface area (Å²) in [5, 5.41) is 52.6. The lowest BCUT2D eigenvalue weighted by molar-refractivity contribution is -0.374. The number of aliphatic hydroxyl groups excluding tert-OH is 3. The van der Waals surface area contributed by atoms with E-state index in [4.69, 9.17) is 4.74 Å². The molecule has 14 heteroatoms. The zero-order chi connectivity index (χ0) is 19.6. The molecule has 0 aromatic carbocycles. The van der Waals surface area contributed by atoms with Crippen LogP contribution in [-0.2, 0) is 23.4 Å². The van der Waals surface area contributed by atoms with E-state index in [1.54, 1.807) is 0 Å². The van der Waals surface area contributed by atoms with Crippen LogP contribution in [0.15, 0.2) is 0 Å². The number of phosphoric ester groups is 1. The van der Waals surface area contributed by atoms with Crippen molar-refractivity contribution in [2.24, 2.45) is 0 Å². The van der Waals surface area contributed by atoms with Gasteiger partial charge in [0.1, 0.15) is 24.3 Å². The SMILES string of the molecule is CC(=O)N[C@H]1[C@H]([C@H](O)[C@H](O)COP(=O)([O-])[O-])OC(O)(C(=O)[O-])C[C@@H]1O. The molecule has 0 saturated carbocycles. The number of hydrogen-bond donors (Lipinski definition) is 5. The molecule has 0 bridgehead atoms. The van der Waals surface area contributed by atoms with E-state index in [2.05, 4.69) is 9.84 Å². The van der Waals surface area contributed by atoms with E-state index < -0.39 is 69.0 Å². The number of aliphatic carboxylic acids is 1. The van der Waals surface area contributed by atoms with Gasteiger partial charge in [-0.15, -0.1) is 0 Å². The van der Waals surface area contributed by atoms with Crippen LogP contribution >= 0.6 is 7.82 Å². The van der Waals surface area contributed by atoms with Crippen molar-refractivity contribution in [3.8, 4) is 0 Å². The van der Waals surface area contributed by atoms with E-state index in [1.807, 2.05) is 0 Å². The molecular weight excluding hydrogens is 369 g/mol. The van der Waals surface area contributed by atoms with Gasteiger partial charge in [0.2, 0.25) is 11.7 Å². The number of hydrogen-bond acceptors (Lipinski definition) is 12. The molecule has 1 saturated heterocycles. The van der Waals surface area contributed by atoms with Crippen LogP contribution in [0, 0.1) is 0 Å². The molecular formula is C11H17NO12P-3. The van der Waals surface area contributed by atoms with Crippen LogP contribution in [0.5, 0.6) is 0 Å². The molecule has 13 nitrogen and oxygen atoms in total. The molecule has 25 heavy (non-hydrogen) atoms. The molecule has 1 aliphatic heterocycles. The lowest BCUT2D eigenvalue weighted by Crippen LogP contribution is -2.68. The van der Waals surface area contributed by atoms with Crippen molar-refractivity contribution in [3.63, 3.8) is 0 Å². The molecule has 146 valence electrons. The van der Waals surface area contributed by atoms with Crippen LogP contribution < -0.4 is 20.2 Å². The molecule has 1 aliphatic rings. The second kappa shape index (κ2) is 8.03. The van der Waals surface area contributed by atoms with E-state index in [1.165, 1.54) is 0 Å². The largest absolute Gasteiger partial charge is 0.790 e. The topological polar surface area (TPSA) is 232 Å². The van der Waals surface area contributed by atoms with Crippen LogP contribution in [0.2, 0.25) is 0 Å². The number of carboxylic acids is 1. The first kappa shape index (κ1) is 21.9. The molecule has 0 aliphatic carbocycles. The van der Waals surface area contributed by atoms with Crippen molar-refractivity contribution in [3.05, 3.63) is 0 Å². The maximum Gasteiger partial charge on any atom is 0.217 e. The third-order valence-corrected chi connectivity index (χ3v) is 3.87.